The van der Waals surface area contributed by atoms with Gasteiger partial charge in [0.1, 0.15) is 5.69 Å². The van der Waals surface area contributed by atoms with E-state index in [9.17, 15) is 4.79 Å². The van der Waals surface area contributed by atoms with Crippen LogP contribution in [0.15, 0.2) is 22.7 Å². The zero-order valence-electron chi connectivity index (χ0n) is 14.5. The number of ketones is 1. The summed E-state index contributed by atoms with van der Waals surface area (Å²) in [5.74, 6) is 0.224. The maximum atomic E-state index is 13.1. The van der Waals surface area contributed by atoms with Gasteiger partial charge in [0.05, 0.1) is 14.2 Å². The summed E-state index contributed by atoms with van der Waals surface area (Å²) in [5.41, 5.74) is 2.65. The molecule has 6 heteroatoms. The van der Waals surface area contributed by atoms with E-state index in [0.717, 1.165) is 16.5 Å². The Hall–Kier alpha value is -1.95. The molecule has 128 valence electrons. The number of hydrogen-bond acceptors (Lipinski definition) is 5. The van der Waals surface area contributed by atoms with Crippen LogP contribution in [0.2, 0.25) is 0 Å². The van der Waals surface area contributed by atoms with Crippen LogP contribution in [0, 0.1) is 0 Å². The van der Waals surface area contributed by atoms with Crippen LogP contribution in [-0.2, 0) is 6.42 Å². The van der Waals surface area contributed by atoms with E-state index in [-0.39, 0.29) is 17.7 Å². The molecule has 2 aromatic rings. The van der Waals surface area contributed by atoms with Crippen molar-refractivity contribution >= 4 is 21.7 Å². The predicted octanol–water partition coefficient (Wildman–Crippen LogP) is 4.17. The SMILES string of the molecule is CCc1cc(Br)cc(C(=O)c2nc(OC)nc(OC)c2C(C)C)c1. The zero-order valence-corrected chi connectivity index (χ0v) is 16.1. The lowest BCUT2D eigenvalue weighted by molar-refractivity contribution is 0.103. The highest BCUT2D eigenvalue weighted by molar-refractivity contribution is 9.10. The van der Waals surface area contributed by atoms with Crippen LogP contribution >= 0.6 is 15.9 Å². The summed E-state index contributed by atoms with van der Waals surface area (Å²) in [7, 11) is 2.99. The average Bonchev–Trinajstić information content (AvgIpc) is 2.58. The summed E-state index contributed by atoms with van der Waals surface area (Å²) < 4.78 is 11.3. The van der Waals surface area contributed by atoms with Crippen molar-refractivity contribution < 1.29 is 14.3 Å². The van der Waals surface area contributed by atoms with Crippen molar-refractivity contribution in [1.29, 1.82) is 0 Å². The van der Waals surface area contributed by atoms with Crippen LogP contribution in [0.25, 0.3) is 0 Å². The molecule has 24 heavy (non-hydrogen) atoms. The molecule has 0 bridgehead atoms. The monoisotopic (exact) mass is 392 g/mol. The van der Waals surface area contributed by atoms with Crippen molar-refractivity contribution in [2.45, 2.75) is 33.1 Å². The molecule has 0 aliphatic rings. The first kappa shape index (κ1) is 18.4. The molecule has 0 spiro atoms. The second-order valence-corrected chi connectivity index (χ2v) is 6.58. The standard InChI is InChI=1S/C18H21BrN2O3/c1-6-11-7-12(9-13(19)8-11)16(22)15-14(10(2)3)17(23-4)21-18(20-15)24-5/h7-10H,6H2,1-5H3. The normalized spacial score (nSPS) is 10.8. The maximum absolute atomic E-state index is 13.1. The third-order valence-electron chi connectivity index (χ3n) is 3.69. The largest absolute Gasteiger partial charge is 0.481 e. The quantitative estimate of drug-likeness (QED) is 0.690. The van der Waals surface area contributed by atoms with Crippen LogP contribution in [0.4, 0.5) is 0 Å². The summed E-state index contributed by atoms with van der Waals surface area (Å²) in [6.45, 7) is 6.00. The van der Waals surface area contributed by atoms with E-state index in [1.807, 2.05) is 32.9 Å². The molecule has 0 unspecified atom stereocenters. The highest BCUT2D eigenvalue weighted by Crippen LogP contribution is 2.31. The van der Waals surface area contributed by atoms with Crippen LogP contribution in [0.3, 0.4) is 0 Å². The van der Waals surface area contributed by atoms with E-state index in [2.05, 4.69) is 25.9 Å². The van der Waals surface area contributed by atoms with Crippen molar-refractivity contribution in [3.05, 3.63) is 45.1 Å². The first-order valence-corrected chi connectivity index (χ1v) is 8.54. The molecule has 1 aromatic heterocycles. The summed E-state index contributed by atoms with van der Waals surface area (Å²) in [6.07, 6.45) is 0.840. The highest BCUT2D eigenvalue weighted by Gasteiger charge is 2.24. The molecule has 0 atom stereocenters. The van der Waals surface area contributed by atoms with Gasteiger partial charge in [-0.25, -0.2) is 0 Å². The third kappa shape index (κ3) is 3.75. The molecule has 0 N–H and O–H groups in total. The van der Waals surface area contributed by atoms with Crippen molar-refractivity contribution in [2.24, 2.45) is 0 Å². The van der Waals surface area contributed by atoms with Gasteiger partial charge in [-0.1, -0.05) is 36.7 Å². The van der Waals surface area contributed by atoms with Crippen molar-refractivity contribution in [2.75, 3.05) is 14.2 Å². The Morgan fingerprint density at radius 2 is 1.88 bits per heavy atom. The van der Waals surface area contributed by atoms with Gasteiger partial charge in [-0.3, -0.25) is 4.79 Å². The molecular weight excluding hydrogens is 372 g/mol. The van der Waals surface area contributed by atoms with Gasteiger partial charge in [-0.15, -0.1) is 0 Å². The van der Waals surface area contributed by atoms with Gasteiger partial charge in [-0.2, -0.15) is 9.97 Å². The lowest BCUT2D eigenvalue weighted by Crippen LogP contribution is -2.14. The lowest BCUT2D eigenvalue weighted by Gasteiger charge is -2.16. The van der Waals surface area contributed by atoms with Gasteiger partial charge in [0, 0.05) is 15.6 Å². The molecule has 2 rings (SSSR count). The van der Waals surface area contributed by atoms with Gasteiger partial charge < -0.3 is 9.47 Å². The Morgan fingerprint density at radius 1 is 1.17 bits per heavy atom. The van der Waals surface area contributed by atoms with Gasteiger partial charge in [0.25, 0.3) is 0 Å². The number of aryl methyl sites for hydroxylation is 1. The molecule has 5 nitrogen and oxygen atoms in total. The van der Waals surface area contributed by atoms with Crippen LogP contribution < -0.4 is 9.47 Å². The lowest BCUT2D eigenvalue weighted by atomic mass is 9.96. The third-order valence-corrected chi connectivity index (χ3v) is 4.14. The predicted molar refractivity (Wildman–Crippen MR) is 96.2 cm³/mol. The minimum Gasteiger partial charge on any atom is -0.481 e. The Kier molecular flexibility index (Phi) is 5.94. The molecule has 1 aromatic carbocycles. The zero-order chi connectivity index (χ0) is 17.9. The molecule has 0 aliphatic heterocycles. The van der Waals surface area contributed by atoms with E-state index in [4.69, 9.17) is 9.47 Å². The molecule has 0 saturated heterocycles. The van der Waals surface area contributed by atoms with E-state index in [1.54, 1.807) is 6.07 Å². The number of halogens is 1. The van der Waals surface area contributed by atoms with Crippen molar-refractivity contribution in [1.82, 2.24) is 9.97 Å². The fraction of sp³-hybridized carbons (Fsp3) is 0.389. The number of carbonyl (C=O) groups excluding carboxylic acids is 1. The minimum atomic E-state index is -0.172. The second kappa shape index (κ2) is 7.75. The molecular formula is C18H21BrN2O3. The number of methoxy groups -OCH3 is 2. The van der Waals surface area contributed by atoms with Gasteiger partial charge in [0.15, 0.2) is 0 Å². The van der Waals surface area contributed by atoms with Gasteiger partial charge in [0.2, 0.25) is 11.7 Å². The summed E-state index contributed by atoms with van der Waals surface area (Å²) >= 11 is 3.46. The summed E-state index contributed by atoms with van der Waals surface area (Å²) in [6, 6.07) is 5.80. The Bertz CT molecular complexity index is 760. The Morgan fingerprint density at radius 3 is 2.42 bits per heavy atom. The van der Waals surface area contributed by atoms with Gasteiger partial charge >= 0.3 is 6.01 Å². The topological polar surface area (TPSA) is 61.3 Å². The number of benzene rings is 1. The molecule has 0 aliphatic carbocycles. The van der Waals surface area contributed by atoms with Crippen LogP contribution in [-0.4, -0.2) is 30.0 Å². The van der Waals surface area contributed by atoms with Gasteiger partial charge in [-0.05, 0) is 36.1 Å². The number of rotatable bonds is 6. The van der Waals surface area contributed by atoms with Crippen LogP contribution in [0.1, 0.15) is 53.9 Å². The number of aromatic nitrogens is 2. The fourth-order valence-corrected chi connectivity index (χ4v) is 3.03. The second-order valence-electron chi connectivity index (χ2n) is 5.67. The molecule has 0 fully saturated rings. The first-order chi connectivity index (χ1) is 11.4. The van der Waals surface area contributed by atoms with E-state index >= 15 is 0 Å². The summed E-state index contributed by atoms with van der Waals surface area (Å²) in [4.78, 5) is 21.6. The highest BCUT2D eigenvalue weighted by atomic mass is 79.9. The minimum absolute atomic E-state index is 0.0302. The Balaban J connectivity index is 2.65. The number of hydrogen-bond donors (Lipinski definition) is 0. The number of ether oxygens (including phenoxy) is 2. The fourth-order valence-electron chi connectivity index (χ4n) is 2.49. The van der Waals surface area contributed by atoms with Crippen molar-refractivity contribution in [3.8, 4) is 11.9 Å². The summed E-state index contributed by atoms with van der Waals surface area (Å²) in [5, 5.41) is 0. The number of carbonyl (C=O) groups is 1. The average molecular weight is 393 g/mol. The molecule has 1 heterocycles. The van der Waals surface area contributed by atoms with E-state index in [0.29, 0.717) is 22.7 Å². The van der Waals surface area contributed by atoms with E-state index in [1.165, 1.54) is 14.2 Å². The van der Waals surface area contributed by atoms with Crippen molar-refractivity contribution in [3.63, 3.8) is 0 Å². The number of nitrogens with zero attached hydrogens (tertiary/aromatic N) is 2. The van der Waals surface area contributed by atoms with E-state index < -0.39 is 0 Å². The van der Waals surface area contributed by atoms with Crippen LogP contribution in [0.5, 0.6) is 11.9 Å². The Labute approximate surface area is 150 Å². The maximum Gasteiger partial charge on any atom is 0.320 e. The molecule has 0 radical (unpaired) electrons. The molecule has 0 saturated carbocycles. The first-order valence-electron chi connectivity index (χ1n) is 7.75. The molecule has 0 amide bonds. The smallest absolute Gasteiger partial charge is 0.320 e.